The molecular weight excluding hydrogens is 447 g/mol. The van der Waals surface area contributed by atoms with Gasteiger partial charge in [0.2, 0.25) is 0 Å². The van der Waals surface area contributed by atoms with Crippen LogP contribution in [-0.4, -0.2) is 31.5 Å². The highest BCUT2D eigenvalue weighted by molar-refractivity contribution is 9.10. The lowest BCUT2D eigenvalue weighted by molar-refractivity contribution is 0.459. The van der Waals surface area contributed by atoms with Crippen LogP contribution < -0.4 is 4.90 Å². The van der Waals surface area contributed by atoms with E-state index < -0.39 is 11.4 Å². The summed E-state index contributed by atoms with van der Waals surface area (Å²) in [4.78, 5) is 11.9. The number of anilines is 1. The van der Waals surface area contributed by atoms with E-state index >= 15 is 4.39 Å². The maximum Gasteiger partial charge on any atom is 0.156 e. The number of hydrogen-bond acceptors (Lipinski definition) is 4. The van der Waals surface area contributed by atoms with Gasteiger partial charge in [-0.2, -0.15) is 15.0 Å². The third-order valence-electron chi connectivity index (χ3n) is 6.22. The Balaban J connectivity index is 1.58. The number of imidazole rings is 1. The maximum atomic E-state index is 15.1. The second-order valence-corrected chi connectivity index (χ2v) is 8.83. The van der Waals surface area contributed by atoms with Crippen molar-refractivity contribution in [2.45, 2.75) is 39.2 Å². The highest BCUT2D eigenvalue weighted by atomic mass is 79.9. The highest BCUT2D eigenvalue weighted by Gasteiger charge is 2.42. The lowest BCUT2D eigenvalue weighted by Gasteiger charge is -2.35. The predicted octanol–water partition coefficient (Wildman–Crippen LogP) is 4.98. The zero-order valence-electron chi connectivity index (χ0n) is 17.0. The van der Waals surface area contributed by atoms with Gasteiger partial charge in [0.05, 0.1) is 46.4 Å². The number of halogens is 2. The lowest BCUT2D eigenvalue weighted by atomic mass is 9.97. The van der Waals surface area contributed by atoms with Crippen molar-refractivity contribution in [1.82, 2.24) is 25.0 Å². The number of aromatic amines is 1. The van der Waals surface area contributed by atoms with E-state index in [4.69, 9.17) is 4.98 Å². The standard InChI is InChI=1S/C22H21BrFN6/c1-13-14(2)20-18(12-16(13)23)27-21(28-20)22(3)7-4-10-29(22)19-6-5-15(11-17(19)24)30-25-8-9-26-30/h5-6,8-9,12H,4,7,10H2,1-3H3,(H,27,28)/t22-/m0/s1. The number of benzene rings is 2. The number of nitrogens with zero attached hydrogens (tertiary/aromatic N) is 5. The van der Waals surface area contributed by atoms with Gasteiger partial charge in [-0.25, -0.2) is 9.37 Å². The van der Waals surface area contributed by atoms with Gasteiger partial charge in [-0.15, -0.1) is 0 Å². The zero-order chi connectivity index (χ0) is 21.0. The average Bonchev–Trinajstić information content (AvgIpc) is 3.46. The number of nitrogens with one attached hydrogen (secondary N) is 1. The highest BCUT2D eigenvalue weighted by Crippen LogP contribution is 2.42. The van der Waals surface area contributed by atoms with Crippen LogP contribution in [0.25, 0.3) is 16.7 Å². The van der Waals surface area contributed by atoms with Gasteiger partial charge in [0, 0.05) is 11.0 Å². The molecule has 6 nitrogen and oxygen atoms in total. The SMILES string of the molecule is Cc1c(Br)cc2[nH]c([C@]3(C)CCCN3c3ccc(-n4nccn4)[c]c3F)nc2c1C. The van der Waals surface area contributed by atoms with Crippen molar-refractivity contribution < 1.29 is 4.39 Å². The van der Waals surface area contributed by atoms with E-state index in [1.165, 1.54) is 10.4 Å². The quantitative estimate of drug-likeness (QED) is 0.461. The normalized spacial score (nSPS) is 19.2. The molecule has 0 amide bonds. The van der Waals surface area contributed by atoms with E-state index in [9.17, 15) is 0 Å². The van der Waals surface area contributed by atoms with Crippen LogP contribution in [0.15, 0.2) is 35.1 Å². The van der Waals surface area contributed by atoms with Crippen molar-refractivity contribution in [1.29, 1.82) is 0 Å². The van der Waals surface area contributed by atoms with Gasteiger partial charge in [0.15, 0.2) is 5.82 Å². The summed E-state index contributed by atoms with van der Waals surface area (Å²) in [6.45, 7) is 7.03. The van der Waals surface area contributed by atoms with Crippen molar-refractivity contribution in [3.05, 3.63) is 63.9 Å². The summed E-state index contributed by atoms with van der Waals surface area (Å²) in [6.07, 6.45) is 4.95. The summed E-state index contributed by atoms with van der Waals surface area (Å²) >= 11 is 3.63. The van der Waals surface area contributed by atoms with Crippen molar-refractivity contribution in [2.75, 3.05) is 11.4 Å². The number of aryl methyl sites for hydroxylation is 1. The number of fused-ring (bicyclic) bond motifs is 1. The van der Waals surface area contributed by atoms with E-state index in [-0.39, 0.29) is 0 Å². The third kappa shape index (κ3) is 2.85. The molecule has 0 aliphatic carbocycles. The summed E-state index contributed by atoms with van der Waals surface area (Å²) in [5.74, 6) is 0.441. The van der Waals surface area contributed by atoms with Crippen LogP contribution in [0, 0.1) is 25.7 Å². The van der Waals surface area contributed by atoms with Crippen molar-refractivity contribution in [3.63, 3.8) is 0 Å². The Bertz CT molecular complexity index is 1250. The Kier molecular flexibility index (Phi) is 4.43. The first kappa shape index (κ1) is 19.2. The molecule has 0 bridgehead atoms. The summed E-state index contributed by atoms with van der Waals surface area (Å²) in [5, 5.41) is 8.11. The van der Waals surface area contributed by atoms with Crippen LogP contribution in [0.3, 0.4) is 0 Å². The smallest absolute Gasteiger partial charge is 0.156 e. The fourth-order valence-electron chi connectivity index (χ4n) is 4.33. The largest absolute Gasteiger partial charge is 0.357 e. The third-order valence-corrected chi connectivity index (χ3v) is 7.04. The van der Waals surface area contributed by atoms with Gasteiger partial charge in [0.1, 0.15) is 5.82 Å². The first-order chi connectivity index (χ1) is 14.4. The first-order valence-corrected chi connectivity index (χ1v) is 10.7. The number of H-pyrrole nitrogens is 1. The molecule has 8 heteroatoms. The first-order valence-electron chi connectivity index (χ1n) is 9.90. The van der Waals surface area contributed by atoms with Crippen LogP contribution in [0.4, 0.5) is 10.1 Å². The van der Waals surface area contributed by atoms with E-state index in [0.717, 1.165) is 46.3 Å². The van der Waals surface area contributed by atoms with Gasteiger partial charge >= 0.3 is 0 Å². The minimum atomic E-state index is -0.439. The summed E-state index contributed by atoms with van der Waals surface area (Å²) in [7, 11) is 0. The molecular formula is C22H21BrFN6. The monoisotopic (exact) mass is 467 g/mol. The van der Waals surface area contributed by atoms with Crippen LogP contribution in [0.1, 0.15) is 36.7 Å². The molecule has 0 saturated carbocycles. The summed E-state index contributed by atoms with van der Waals surface area (Å²) in [5.41, 5.74) is 4.82. The minimum absolute atomic E-state index is 0.413. The molecule has 1 atom stereocenters. The lowest BCUT2D eigenvalue weighted by Crippen LogP contribution is -2.40. The van der Waals surface area contributed by atoms with Crippen molar-refractivity contribution in [2.24, 2.45) is 0 Å². The zero-order valence-corrected chi connectivity index (χ0v) is 18.6. The second-order valence-electron chi connectivity index (χ2n) is 7.98. The Morgan fingerprint density at radius 2 is 1.97 bits per heavy atom. The Labute approximate surface area is 182 Å². The summed E-state index contributed by atoms with van der Waals surface area (Å²) in [6, 6.07) is 8.43. The van der Waals surface area contributed by atoms with Crippen molar-refractivity contribution >= 4 is 32.7 Å². The molecule has 1 aliphatic rings. The Hall–Kier alpha value is -2.74. The van der Waals surface area contributed by atoms with Crippen LogP contribution >= 0.6 is 15.9 Å². The van der Waals surface area contributed by atoms with Crippen molar-refractivity contribution in [3.8, 4) is 5.69 Å². The van der Waals surface area contributed by atoms with E-state index in [1.54, 1.807) is 24.5 Å². The van der Waals surface area contributed by atoms with Gasteiger partial charge in [0.25, 0.3) is 0 Å². The topological polar surface area (TPSA) is 62.6 Å². The van der Waals surface area contributed by atoms with E-state index in [0.29, 0.717) is 11.4 Å². The van der Waals surface area contributed by atoms with Crippen LogP contribution in [0.2, 0.25) is 0 Å². The number of rotatable bonds is 3. The summed E-state index contributed by atoms with van der Waals surface area (Å²) < 4.78 is 16.2. The van der Waals surface area contributed by atoms with Gasteiger partial charge < -0.3 is 9.88 Å². The number of hydrogen-bond donors (Lipinski definition) is 1. The van der Waals surface area contributed by atoms with Gasteiger partial charge in [-0.1, -0.05) is 15.9 Å². The van der Waals surface area contributed by atoms with Gasteiger partial charge in [-0.05, 0) is 62.9 Å². The molecule has 153 valence electrons. The van der Waals surface area contributed by atoms with E-state index in [1.807, 2.05) is 0 Å². The fourth-order valence-corrected chi connectivity index (χ4v) is 4.86. The van der Waals surface area contributed by atoms with Gasteiger partial charge in [-0.3, -0.25) is 0 Å². The molecule has 1 aliphatic heterocycles. The van der Waals surface area contributed by atoms with Crippen LogP contribution in [0.5, 0.6) is 0 Å². The maximum absolute atomic E-state index is 15.1. The Morgan fingerprint density at radius 1 is 1.20 bits per heavy atom. The molecule has 2 aromatic carbocycles. The molecule has 1 saturated heterocycles. The van der Waals surface area contributed by atoms with Crippen LogP contribution in [-0.2, 0) is 5.54 Å². The minimum Gasteiger partial charge on any atom is -0.357 e. The molecule has 5 rings (SSSR count). The number of aromatic nitrogens is 5. The molecule has 1 radical (unpaired) electrons. The van der Waals surface area contributed by atoms with E-state index in [2.05, 4.69) is 68.9 Å². The molecule has 30 heavy (non-hydrogen) atoms. The Morgan fingerprint density at radius 3 is 2.70 bits per heavy atom. The molecule has 4 aromatic rings. The second kappa shape index (κ2) is 6.91. The predicted molar refractivity (Wildman–Crippen MR) is 117 cm³/mol. The molecule has 2 aromatic heterocycles. The average molecular weight is 468 g/mol. The molecule has 3 heterocycles. The molecule has 0 spiro atoms. The molecule has 0 unspecified atom stereocenters. The molecule has 1 fully saturated rings. The fraction of sp³-hybridized carbons (Fsp3) is 0.318. The molecule has 1 N–H and O–H groups in total.